The highest BCUT2D eigenvalue weighted by Crippen LogP contribution is 2.37. The lowest BCUT2D eigenvalue weighted by Gasteiger charge is -2.24. The molecule has 2 aliphatic rings. The number of rotatable bonds is 2. The van der Waals surface area contributed by atoms with E-state index in [9.17, 15) is 14.4 Å². The third-order valence-electron chi connectivity index (χ3n) is 3.46. The van der Waals surface area contributed by atoms with Gasteiger partial charge in [-0.2, -0.15) is 0 Å². The largest absolute Gasteiger partial charge is 0.444 e. The van der Waals surface area contributed by atoms with E-state index in [0.717, 1.165) is 0 Å². The summed E-state index contributed by atoms with van der Waals surface area (Å²) in [6.45, 7) is 6.73. The van der Waals surface area contributed by atoms with Crippen molar-refractivity contribution in [3.63, 3.8) is 0 Å². The van der Waals surface area contributed by atoms with Crippen molar-refractivity contribution >= 4 is 18.5 Å². The second-order valence-electron chi connectivity index (χ2n) is 6.21. The quantitative estimate of drug-likeness (QED) is 0.435. The summed E-state index contributed by atoms with van der Waals surface area (Å²) in [6, 6.07) is 0. The van der Waals surface area contributed by atoms with Crippen LogP contribution >= 0.6 is 0 Å². The maximum absolute atomic E-state index is 12.0. The molecular formula is C14H19NO5. The molecule has 6 heteroatoms. The minimum atomic E-state index is -0.585. The maximum atomic E-state index is 12.0. The molecule has 0 N–H and O–H groups in total. The zero-order chi connectivity index (χ0) is 14.9. The fourth-order valence-corrected chi connectivity index (χ4v) is 2.66. The fraction of sp³-hybridized carbons (Fsp3) is 0.643. The van der Waals surface area contributed by atoms with Crippen molar-refractivity contribution in [3.05, 3.63) is 11.6 Å². The van der Waals surface area contributed by atoms with E-state index in [2.05, 4.69) is 4.74 Å². The van der Waals surface area contributed by atoms with Crippen molar-refractivity contribution in [3.8, 4) is 0 Å². The monoisotopic (exact) mass is 281 g/mol. The van der Waals surface area contributed by atoms with Gasteiger partial charge in [0.05, 0.1) is 0 Å². The van der Waals surface area contributed by atoms with Gasteiger partial charge in [-0.3, -0.25) is 4.79 Å². The number of likely N-dealkylation sites (tertiary alicyclic amines) is 1. The smallest absolute Gasteiger partial charge is 0.410 e. The molecule has 0 bridgehead atoms. The summed E-state index contributed by atoms with van der Waals surface area (Å²) in [7, 11) is 0. The van der Waals surface area contributed by atoms with Crippen LogP contribution in [-0.4, -0.2) is 42.1 Å². The molecule has 1 aliphatic heterocycles. The summed E-state index contributed by atoms with van der Waals surface area (Å²) in [5, 5.41) is 0. The van der Waals surface area contributed by atoms with Gasteiger partial charge in [-0.15, -0.1) is 0 Å². The van der Waals surface area contributed by atoms with Crippen LogP contribution < -0.4 is 0 Å². The van der Waals surface area contributed by atoms with Gasteiger partial charge in [0.15, 0.2) is 0 Å². The molecule has 0 spiro atoms. The minimum Gasteiger partial charge on any atom is -0.444 e. The summed E-state index contributed by atoms with van der Waals surface area (Å²) in [5.41, 5.74) is 0.0136. The number of hydrogen-bond donors (Lipinski definition) is 0. The van der Waals surface area contributed by atoms with Crippen molar-refractivity contribution in [1.29, 1.82) is 0 Å². The van der Waals surface area contributed by atoms with Crippen LogP contribution in [0.15, 0.2) is 11.6 Å². The minimum absolute atomic E-state index is 0.136. The Morgan fingerprint density at radius 1 is 1.35 bits per heavy atom. The van der Waals surface area contributed by atoms with Crippen LogP contribution in [-0.2, 0) is 19.1 Å². The topological polar surface area (TPSA) is 72.9 Å². The Morgan fingerprint density at radius 3 is 2.60 bits per heavy atom. The van der Waals surface area contributed by atoms with Gasteiger partial charge in [0, 0.05) is 24.6 Å². The van der Waals surface area contributed by atoms with Crippen LogP contribution in [0.2, 0.25) is 0 Å². The highest BCUT2D eigenvalue weighted by Gasteiger charge is 2.41. The lowest BCUT2D eigenvalue weighted by atomic mass is 10.00. The standard InChI is InChI=1S/C14H19NO5/c1-14(2,3)20-13(18)15-6-10-4-9(5-11(10)7-15)12(17)19-8-16/h4,8,10-11H,5-7H2,1-3H3. The van der Waals surface area contributed by atoms with E-state index in [-0.39, 0.29) is 24.4 Å². The summed E-state index contributed by atoms with van der Waals surface area (Å²) in [4.78, 5) is 35.2. The van der Waals surface area contributed by atoms with Crippen LogP contribution in [0.4, 0.5) is 4.79 Å². The molecule has 1 heterocycles. The maximum Gasteiger partial charge on any atom is 0.410 e. The molecule has 110 valence electrons. The van der Waals surface area contributed by atoms with Crippen LogP contribution in [0.5, 0.6) is 0 Å². The van der Waals surface area contributed by atoms with E-state index in [1.54, 1.807) is 11.0 Å². The molecule has 2 atom stereocenters. The molecule has 1 saturated heterocycles. The van der Waals surface area contributed by atoms with Crippen LogP contribution in [0.1, 0.15) is 27.2 Å². The summed E-state index contributed by atoms with van der Waals surface area (Å²) < 4.78 is 9.67. The first-order valence-corrected chi connectivity index (χ1v) is 6.63. The summed E-state index contributed by atoms with van der Waals surface area (Å²) in [6.07, 6.45) is 2.02. The summed E-state index contributed by atoms with van der Waals surface area (Å²) >= 11 is 0. The highest BCUT2D eigenvalue weighted by molar-refractivity contribution is 5.92. The van der Waals surface area contributed by atoms with Gasteiger partial charge in [-0.05, 0) is 33.1 Å². The van der Waals surface area contributed by atoms with E-state index in [4.69, 9.17) is 4.74 Å². The average Bonchev–Trinajstić information content (AvgIpc) is 2.83. The first kappa shape index (κ1) is 14.6. The van der Waals surface area contributed by atoms with Crippen LogP contribution in [0, 0.1) is 11.8 Å². The molecule has 1 fully saturated rings. The molecule has 2 unspecified atom stereocenters. The molecule has 0 aromatic carbocycles. The predicted molar refractivity (Wildman–Crippen MR) is 69.6 cm³/mol. The molecular weight excluding hydrogens is 262 g/mol. The number of hydrogen-bond acceptors (Lipinski definition) is 5. The fourth-order valence-electron chi connectivity index (χ4n) is 2.66. The van der Waals surface area contributed by atoms with E-state index in [0.29, 0.717) is 25.1 Å². The van der Waals surface area contributed by atoms with Gasteiger partial charge >= 0.3 is 18.5 Å². The zero-order valence-corrected chi connectivity index (χ0v) is 11.9. The van der Waals surface area contributed by atoms with Crippen molar-refractivity contribution in [2.75, 3.05) is 13.1 Å². The number of ether oxygens (including phenoxy) is 2. The van der Waals surface area contributed by atoms with E-state index >= 15 is 0 Å². The molecule has 2 rings (SSSR count). The van der Waals surface area contributed by atoms with Crippen molar-refractivity contribution < 1.29 is 23.9 Å². The molecule has 1 aliphatic carbocycles. The first-order chi connectivity index (χ1) is 9.30. The Kier molecular flexibility index (Phi) is 3.83. The third-order valence-corrected chi connectivity index (χ3v) is 3.46. The molecule has 6 nitrogen and oxygen atoms in total. The molecule has 0 radical (unpaired) electrons. The number of nitrogens with zero attached hydrogens (tertiary/aromatic N) is 1. The molecule has 1 amide bonds. The lowest BCUT2D eigenvalue weighted by Crippen LogP contribution is -2.35. The van der Waals surface area contributed by atoms with Gasteiger partial charge in [0.2, 0.25) is 0 Å². The number of amides is 1. The Labute approximate surface area is 117 Å². The Morgan fingerprint density at radius 2 is 2.05 bits per heavy atom. The number of esters is 1. The highest BCUT2D eigenvalue weighted by atomic mass is 16.6. The SMILES string of the molecule is CC(C)(C)OC(=O)N1CC2C=C(C(=O)OC=O)CC2C1. The zero-order valence-electron chi connectivity index (χ0n) is 11.9. The molecule has 0 aromatic heterocycles. The molecule has 0 aromatic rings. The number of carbonyl (C=O) groups is 3. The van der Waals surface area contributed by atoms with E-state index < -0.39 is 11.6 Å². The average molecular weight is 281 g/mol. The lowest BCUT2D eigenvalue weighted by molar-refractivity contribution is -0.148. The number of fused-ring (bicyclic) bond motifs is 1. The second-order valence-corrected chi connectivity index (χ2v) is 6.21. The van der Waals surface area contributed by atoms with E-state index in [1.807, 2.05) is 20.8 Å². The van der Waals surface area contributed by atoms with E-state index in [1.165, 1.54) is 0 Å². The van der Waals surface area contributed by atoms with Crippen molar-refractivity contribution in [1.82, 2.24) is 4.90 Å². The van der Waals surface area contributed by atoms with Crippen molar-refractivity contribution in [2.45, 2.75) is 32.8 Å². The van der Waals surface area contributed by atoms with Gasteiger partial charge in [0.25, 0.3) is 0 Å². The van der Waals surface area contributed by atoms with Gasteiger partial charge < -0.3 is 14.4 Å². The van der Waals surface area contributed by atoms with Gasteiger partial charge in [0.1, 0.15) is 5.60 Å². The van der Waals surface area contributed by atoms with Gasteiger partial charge in [-0.25, -0.2) is 9.59 Å². The first-order valence-electron chi connectivity index (χ1n) is 6.63. The van der Waals surface area contributed by atoms with Crippen LogP contribution in [0.3, 0.4) is 0 Å². The Bertz CT molecular complexity index is 463. The molecule has 0 saturated carbocycles. The van der Waals surface area contributed by atoms with Crippen molar-refractivity contribution in [2.24, 2.45) is 11.8 Å². The van der Waals surface area contributed by atoms with Crippen LogP contribution in [0.25, 0.3) is 0 Å². The summed E-state index contributed by atoms with van der Waals surface area (Å²) in [5.74, 6) is -0.244. The number of carbonyl (C=O) groups excluding carboxylic acids is 3. The Balaban J connectivity index is 1.94. The third kappa shape index (κ3) is 3.18. The molecule has 20 heavy (non-hydrogen) atoms. The predicted octanol–water partition coefficient (Wildman–Crippen LogP) is 1.50. The Hall–Kier alpha value is -1.85. The normalized spacial score (nSPS) is 24.9. The van der Waals surface area contributed by atoms with Gasteiger partial charge in [-0.1, -0.05) is 6.08 Å². The second kappa shape index (κ2) is 5.26.